The summed E-state index contributed by atoms with van der Waals surface area (Å²) in [6.07, 6.45) is 0.177. The fraction of sp³-hybridized carbons (Fsp3) is 0.500. The fourth-order valence-corrected chi connectivity index (χ4v) is 2.56. The minimum Gasteiger partial charge on any atom is -0.325 e. The lowest BCUT2D eigenvalue weighted by molar-refractivity contribution is -0.137. The number of hydrogen-bond donors (Lipinski definition) is 1. The largest absolute Gasteiger partial charge is 0.416 e. The Balaban J connectivity index is 2.13. The Morgan fingerprint density at radius 2 is 1.85 bits per heavy atom. The Hall–Kier alpha value is -1.23. The molecule has 0 aromatic heterocycles. The van der Waals surface area contributed by atoms with Crippen LogP contribution in [0.2, 0.25) is 5.02 Å². The first-order chi connectivity index (χ1) is 9.38. The van der Waals surface area contributed by atoms with Crippen molar-refractivity contribution < 1.29 is 18.0 Å². The quantitative estimate of drug-likeness (QED) is 0.829. The molecule has 0 aliphatic heterocycles. The molecular formula is C14H15ClF3NO. The predicted octanol–water partition coefficient (Wildman–Crippen LogP) is 4.88. The number of carbonyl (C=O) groups is 1. The molecule has 1 aromatic rings. The zero-order valence-corrected chi connectivity index (χ0v) is 11.5. The van der Waals surface area contributed by atoms with Crippen LogP contribution in [0.4, 0.5) is 18.9 Å². The zero-order valence-electron chi connectivity index (χ0n) is 10.8. The standard InChI is InChI=1S/C14H15ClF3NO/c15-11-7-6-10(14(16,17)18)8-12(11)19-13(20)9-4-2-1-3-5-9/h6-9H,1-5H2,(H,19,20). The van der Waals surface area contributed by atoms with Crippen LogP contribution in [0.25, 0.3) is 0 Å². The van der Waals surface area contributed by atoms with Crippen LogP contribution in [0, 0.1) is 5.92 Å². The van der Waals surface area contributed by atoms with Crippen LogP contribution in [-0.2, 0) is 11.0 Å². The number of rotatable bonds is 2. The molecule has 0 saturated heterocycles. The van der Waals surface area contributed by atoms with Gasteiger partial charge in [-0.15, -0.1) is 0 Å². The fourth-order valence-electron chi connectivity index (χ4n) is 2.40. The molecule has 2 rings (SSSR count). The van der Waals surface area contributed by atoms with Crippen LogP contribution in [0.1, 0.15) is 37.7 Å². The molecular weight excluding hydrogens is 291 g/mol. The number of alkyl halides is 3. The number of nitrogens with one attached hydrogen (secondary N) is 1. The van der Waals surface area contributed by atoms with Gasteiger partial charge in [-0.25, -0.2) is 0 Å². The van der Waals surface area contributed by atoms with E-state index in [0.29, 0.717) is 0 Å². The third kappa shape index (κ3) is 3.66. The highest BCUT2D eigenvalue weighted by molar-refractivity contribution is 6.33. The maximum Gasteiger partial charge on any atom is 0.416 e. The Morgan fingerprint density at radius 3 is 2.45 bits per heavy atom. The van der Waals surface area contributed by atoms with Gasteiger partial charge >= 0.3 is 6.18 Å². The van der Waals surface area contributed by atoms with Crippen molar-refractivity contribution in [2.75, 3.05) is 5.32 Å². The second kappa shape index (κ2) is 6.04. The second-order valence-corrected chi connectivity index (χ2v) is 5.42. The first kappa shape index (κ1) is 15.2. The molecule has 0 radical (unpaired) electrons. The minimum atomic E-state index is -4.45. The van der Waals surface area contributed by atoms with Gasteiger partial charge in [-0.2, -0.15) is 13.2 Å². The van der Waals surface area contributed by atoms with Gasteiger partial charge in [-0.1, -0.05) is 30.9 Å². The molecule has 0 spiro atoms. The highest BCUT2D eigenvalue weighted by atomic mass is 35.5. The average molecular weight is 306 g/mol. The van der Waals surface area contributed by atoms with Gasteiger partial charge in [0.15, 0.2) is 0 Å². The van der Waals surface area contributed by atoms with Crippen molar-refractivity contribution >= 4 is 23.2 Å². The summed E-state index contributed by atoms with van der Waals surface area (Å²) < 4.78 is 37.9. The molecule has 0 unspecified atom stereocenters. The van der Waals surface area contributed by atoms with Crippen molar-refractivity contribution in [1.29, 1.82) is 0 Å². The van der Waals surface area contributed by atoms with Gasteiger partial charge in [0, 0.05) is 5.92 Å². The molecule has 1 aliphatic carbocycles. The van der Waals surface area contributed by atoms with E-state index in [-0.39, 0.29) is 22.5 Å². The van der Waals surface area contributed by atoms with Gasteiger partial charge in [-0.05, 0) is 31.0 Å². The maximum atomic E-state index is 12.6. The zero-order chi connectivity index (χ0) is 14.8. The highest BCUT2D eigenvalue weighted by Gasteiger charge is 2.31. The van der Waals surface area contributed by atoms with Crippen molar-refractivity contribution in [3.8, 4) is 0 Å². The Kier molecular flexibility index (Phi) is 4.58. The molecule has 0 bridgehead atoms. The van der Waals surface area contributed by atoms with Gasteiger partial charge in [0.25, 0.3) is 0 Å². The van der Waals surface area contributed by atoms with Crippen molar-refractivity contribution in [2.45, 2.75) is 38.3 Å². The summed E-state index contributed by atoms with van der Waals surface area (Å²) in [6.45, 7) is 0. The Labute approximate surface area is 120 Å². The number of amides is 1. The summed E-state index contributed by atoms with van der Waals surface area (Å²) in [4.78, 5) is 12.0. The predicted molar refractivity (Wildman–Crippen MR) is 71.7 cm³/mol. The number of carbonyl (C=O) groups excluding carboxylic acids is 1. The smallest absolute Gasteiger partial charge is 0.325 e. The van der Waals surface area contributed by atoms with Crippen molar-refractivity contribution in [1.82, 2.24) is 0 Å². The van der Waals surface area contributed by atoms with Gasteiger partial charge < -0.3 is 5.32 Å². The lowest BCUT2D eigenvalue weighted by Gasteiger charge is -2.21. The molecule has 1 fully saturated rings. The van der Waals surface area contributed by atoms with Crippen LogP contribution in [0.3, 0.4) is 0 Å². The summed E-state index contributed by atoms with van der Waals surface area (Å²) in [6, 6.07) is 2.93. The van der Waals surface area contributed by atoms with Crippen LogP contribution in [-0.4, -0.2) is 5.91 Å². The lowest BCUT2D eigenvalue weighted by Crippen LogP contribution is -2.25. The van der Waals surface area contributed by atoms with Gasteiger partial charge in [0.1, 0.15) is 0 Å². The first-order valence-electron chi connectivity index (χ1n) is 6.55. The monoisotopic (exact) mass is 305 g/mol. The highest BCUT2D eigenvalue weighted by Crippen LogP contribution is 2.34. The summed E-state index contributed by atoms with van der Waals surface area (Å²) in [5.74, 6) is -0.375. The van der Waals surface area contributed by atoms with Crippen LogP contribution in [0.15, 0.2) is 18.2 Å². The molecule has 0 heterocycles. The van der Waals surface area contributed by atoms with Gasteiger partial charge in [-0.3, -0.25) is 4.79 Å². The molecule has 20 heavy (non-hydrogen) atoms. The van der Waals surface area contributed by atoms with E-state index in [1.165, 1.54) is 0 Å². The molecule has 110 valence electrons. The van der Waals surface area contributed by atoms with Crippen LogP contribution < -0.4 is 5.32 Å². The number of anilines is 1. The lowest BCUT2D eigenvalue weighted by atomic mass is 9.88. The molecule has 0 atom stereocenters. The minimum absolute atomic E-state index is 0.0251. The van der Waals surface area contributed by atoms with Crippen molar-refractivity contribution in [3.63, 3.8) is 0 Å². The van der Waals surface area contributed by atoms with E-state index in [9.17, 15) is 18.0 Å². The average Bonchev–Trinajstić information content (AvgIpc) is 2.41. The van der Waals surface area contributed by atoms with Gasteiger partial charge in [0.05, 0.1) is 16.3 Å². The number of benzene rings is 1. The van der Waals surface area contributed by atoms with E-state index in [1.807, 2.05) is 0 Å². The Morgan fingerprint density at radius 1 is 1.20 bits per heavy atom. The summed E-state index contributed by atoms with van der Waals surface area (Å²) in [5.41, 5.74) is -0.794. The van der Waals surface area contributed by atoms with E-state index < -0.39 is 11.7 Å². The third-order valence-electron chi connectivity index (χ3n) is 3.53. The Bertz CT molecular complexity index is 496. The van der Waals surface area contributed by atoms with E-state index in [2.05, 4.69) is 5.32 Å². The molecule has 1 saturated carbocycles. The van der Waals surface area contributed by atoms with E-state index in [1.54, 1.807) is 0 Å². The van der Waals surface area contributed by atoms with Crippen LogP contribution >= 0.6 is 11.6 Å². The van der Waals surface area contributed by atoms with E-state index in [0.717, 1.165) is 50.3 Å². The van der Waals surface area contributed by atoms with E-state index >= 15 is 0 Å². The molecule has 1 N–H and O–H groups in total. The van der Waals surface area contributed by atoms with Crippen molar-refractivity contribution in [3.05, 3.63) is 28.8 Å². The summed E-state index contributed by atoms with van der Waals surface area (Å²) in [5, 5.41) is 2.63. The molecule has 2 nitrogen and oxygen atoms in total. The molecule has 1 aliphatic rings. The normalized spacial score (nSPS) is 17.0. The summed E-state index contributed by atoms with van der Waals surface area (Å²) in [7, 11) is 0. The second-order valence-electron chi connectivity index (χ2n) is 5.02. The van der Waals surface area contributed by atoms with E-state index in [4.69, 9.17) is 11.6 Å². The molecule has 1 aromatic carbocycles. The number of halogens is 4. The topological polar surface area (TPSA) is 29.1 Å². The van der Waals surface area contributed by atoms with Crippen LogP contribution in [0.5, 0.6) is 0 Å². The SMILES string of the molecule is O=C(Nc1cc(C(F)(F)F)ccc1Cl)C1CCCCC1. The van der Waals surface area contributed by atoms with Crippen molar-refractivity contribution in [2.24, 2.45) is 5.92 Å². The third-order valence-corrected chi connectivity index (χ3v) is 3.86. The molecule has 6 heteroatoms. The summed E-state index contributed by atoms with van der Waals surface area (Å²) >= 11 is 5.85. The molecule has 1 amide bonds. The van der Waals surface area contributed by atoms with Gasteiger partial charge in [0.2, 0.25) is 5.91 Å². The number of hydrogen-bond acceptors (Lipinski definition) is 1. The maximum absolute atomic E-state index is 12.6. The first-order valence-corrected chi connectivity index (χ1v) is 6.93.